The Morgan fingerprint density at radius 3 is 2.55 bits per heavy atom. The van der Waals surface area contributed by atoms with Gasteiger partial charge in [-0.25, -0.2) is 9.37 Å². The number of carbonyl (C=O) groups is 2. The number of aliphatic hydroxyl groups is 1. The maximum Gasteiger partial charge on any atom is 0.301 e. The number of hydrogen-bond donors (Lipinski definition) is 1. The van der Waals surface area contributed by atoms with Crippen LogP contribution in [-0.4, -0.2) is 35.5 Å². The average Bonchev–Trinajstić information content (AvgIpc) is 3.46. The van der Waals surface area contributed by atoms with Gasteiger partial charge in [-0.15, -0.1) is 0 Å². The van der Waals surface area contributed by atoms with Gasteiger partial charge in [0.2, 0.25) is 0 Å². The van der Waals surface area contributed by atoms with Crippen LogP contribution in [0.3, 0.4) is 0 Å². The van der Waals surface area contributed by atoms with E-state index in [1.54, 1.807) is 42.5 Å². The van der Waals surface area contributed by atoms with Gasteiger partial charge in [0.05, 0.1) is 35.5 Å². The SMILES string of the molecule is COc1cc(C2C(=C(O)c3ccc(Cl)cc3)C(=O)C(=O)N2c2nc3ccc(F)cc3s2)ccc1OCCC(C)C. The standard InChI is InChI=1S/C30H26ClFN2O5S/c1-16(2)12-13-39-22-11-6-18(14-23(22)38-3)26-25(27(35)17-4-7-19(31)8-5-17)28(36)29(37)34(26)30-33-21-10-9-20(32)15-24(21)40-30/h4-11,14-16,26,35H,12-13H2,1-3H3. The molecule has 1 atom stereocenters. The highest BCUT2D eigenvalue weighted by Crippen LogP contribution is 2.46. The van der Waals surface area contributed by atoms with E-state index in [-0.39, 0.29) is 16.5 Å². The van der Waals surface area contributed by atoms with Gasteiger partial charge in [0, 0.05) is 10.6 Å². The predicted molar refractivity (Wildman–Crippen MR) is 154 cm³/mol. The van der Waals surface area contributed by atoms with Gasteiger partial charge >= 0.3 is 5.91 Å². The molecule has 0 radical (unpaired) electrons. The van der Waals surface area contributed by atoms with E-state index in [4.69, 9.17) is 21.1 Å². The van der Waals surface area contributed by atoms with Crippen molar-refractivity contribution in [1.29, 1.82) is 0 Å². The Balaban J connectivity index is 1.66. The van der Waals surface area contributed by atoms with Gasteiger partial charge in [-0.05, 0) is 72.5 Å². The maximum absolute atomic E-state index is 13.9. The first-order valence-corrected chi connectivity index (χ1v) is 13.8. The minimum Gasteiger partial charge on any atom is -0.507 e. The summed E-state index contributed by atoms with van der Waals surface area (Å²) in [5.74, 6) is -1.16. The second kappa shape index (κ2) is 11.3. The summed E-state index contributed by atoms with van der Waals surface area (Å²) in [4.78, 5) is 32.7. The van der Waals surface area contributed by atoms with Crippen LogP contribution < -0.4 is 14.4 Å². The lowest BCUT2D eigenvalue weighted by Crippen LogP contribution is -2.29. The zero-order valence-corrected chi connectivity index (χ0v) is 23.6. The Kier molecular flexibility index (Phi) is 7.78. The number of nitrogens with zero attached hydrogens (tertiary/aromatic N) is 2. The van der Waals surface area contributed by atoms with Crippen LogP contribution in [0.2, 0.25) is 5.02 Å². The molecule has 206 valence electrons. The highest BCUT2D eigenvalue weighted by molar-refractivity contribution is 7.22. The fraction of sp³-hybridized carbons (Fsp3) is 0.233. The van der Waals surface area contributed by atoms with Crippen molar-refractivity contribution in [2.45, 2.75) is 26.3 Å². The molecule has 1 aliphatic rings. The van der Waals surface area contributed by atoms with Crippen molar-refractivity contribution < 1.29 is 28.6 Å². The second-order valence-corrected chi connectivity index (χ2v) is 11.2. The zero-order valence-electron chi connectivity index (χ0n) is 22.0. The van der Waals surface area contributed by atoms with Crippen LogP contribution in [0.15, 0.2) is 66.2 Å². The maximum atomic E-state index is 13.9. The number of halogens is 2. The predicted octanol–water partition coefficient (Wildman–Crippen LogP) is 7.15. The molecule has 7 nitrogen and oxygen atoms in total. The smallest absolute Gasteiger partial charge is 0.301 e. The zero-order chi connectivity index (χ0) is 28.6. The molecule has 5 rings (SSSR count). The normalized spacial score (nSPS) is 16.8. The largest absolute Gasteiger partial charge is 0.507 e. The number of aliphatic hydroxyl groups excluding tert-OH is 1. The summed E-state index contributed by atoms with van der Waals surface area (Å²) in [5.41, 5.74) is 1.17. The van der Waals surface area contributed by atoms with Crippen LogP contribution in [0.25, 0.3) is 16.0 Å². The first kappa shape index (κ1) is 27.6. The van der Waals surface area contributed by atoms with Crippen LogP contribution in [0.5, 0.6) is 11.5 Å². The number of ketones is 1. The molecule has 1 saturated heterocycles. The van der Waals surface area contributed by atoms with Gasteiger partial charge in [0.25, 0.3) is 5.78 Å². The molecule has 40 heavy (non-hydrogen) atoms. The van der Waals surface area contributed by atoms with Gasteiger partial charge < -0.3 is 14.6 Å². The van der Waals surface area contributed by atoms with E-state index in [0.29, 0.717) is 50.4 Å². The number of methoxy groups -OCH3 is 1. The van der Waals surface area contributed by atoms with Crippen LogP contribution in [0.1, 0.15) is 37.4 Å². The highest BCUT2D eigenvalue weighted by Gasteiger charge is 2.48. The average molecular weight is 581 g/mol. The van der Waals surface area contributed by atoms with E-state index in [9.17, 15) is 19.1 Å². The summed E-state index contributed by atoms with van der Waals surface area (Å²) in [6.45, 7) is 4.69. The van der Waals surface area contributed by atoms with Crippen molar-refractivity contribution in [3.8, 4) is 11.5 Å². The van der Waals surface area contributed by atoms with E-state index < -0.39 is 23.5 Å². The fourth-order valence-corrected chi connectivity index (χ4v) is 5.62. The number of aromatic nitrogens is 1. The molecule has 4 aromatic rings. The fourth-order valence-electron chi connectivity index (χ4n) is 4.48. The van der Waals surface area contributed by atoms with Gasteiger partial charge in [-0.1, -0.05) is 42.9 Å². The molecule has 1 fully saturated rings. The van der Waals surface area contributed by atoms with Gasteiger partial charge in [0.1, 0.15) is 11.6 Å². The number of amides is 1. The number of rotatable bonds is 8. The third-order valence-corrected chi connectivity index (χ3v) is 7.83. The van der Waals surface area contributed by atoms with Gasteiger partial charge in [-0.3, -0.25) is 14.5 Å². The second-order valence-electron chi connectivity index (χ2n) is 9.73. The summed E-state index contributed by atoms with van der Waals surface area (Å²) in [7, 11) is 1.50. The summed E-state index contributed by atoms with van der Waals surface area (Å²) in [6.07, 6.45) is 0.852. The molecule has 1 unspecified atom stereocenters. The van der Waals surface area contributed by atoms with Crippen molar-refractivity contribution in [1.82, 2.24) is 4.98 Å². The Morgan fingerprint density at radius 2 is 1.85 bits per heavy atom. The minimum atomic E-state index is -1.04. The lowest BCUT2D eigenvalue weighted by molar-refractivity contribution is -0.132. The third kappa shape index (κ3) is 5.26. The quantitative estimate of drug-likeness (QED) is 0.135. The molecule has 2 heterocycles. The summed E-state index contributed by atoms with van der Waals surface area (Å²) < 4.78 is 25.9. The third-order valence-electron chi connectivity index (χ3n) is 6.56. The van der Waals surface area contributed by atoms with E-state index in [0.717, 1.165) is 17.8 Å². The molecule has 1 aromatic heterocycles. The topological polar surface area (TPSA) is 89.0 Å². The molecule has 0 aliphatic carbocycles. The van der Waals surface area contributed by atoms with Gasteiger partial charge in [0.15, 0.2) is 16.6 Å². The highest BCUT2D eigenvalue weighted by atomic mass is 35.5. The van der Waals surface area contributed by atoms with Crippen LogP contribution >= 0.6 is 22.9 Å². The lowest BCUT2D eigenvalue weighted by atomic mass is 9.95. The van der Waals surface area contributed by atoms with E-state index in [1.807, 2.05) is 0 Å². The molecule has 1 N–H and O–H groups in total. The molecule has 10 heteroatoms. The van der Waals surface area contributed by atoms with Crippen molar-refractivity contribution in [3.05, 3.63) is 88.2 Å². The number of hydrogen-bond acceptors (Lipinski definition) is 7. The van der Waals surface area contributed by atoms with Gasteiger partial charge in [-0.2, -0.15) is 0 Å². The van der Waals surface area contributed by atoms with E-state index >= 15 is 0 Å². The Morgan fingerprint density at radius 1 is 1.10 bits per heavy atom. The van der Waals surface area contributed by atoms with E-state index in [1.165, 1.54) is 30.2 Å². The molecule has 1 amide bonds. The number of ether oxygens (including phenoxy) is 2. The Bertz CT molecular complexity index is 1630. The first-order chi connectivity index (χ1) is 19.2. The Hall–Kier alpha value is -3.95. The number of thiazole rings is 1. The number of fused-ring (bicyclic) bond motifs is 1. The first-order valence-electron chi connectivity index (χ1n) is 12.6. The van der Waals surface area contributed by atoms with E-state index in [2.05, 4.69) is 18.8 Å². The van der Waals surface area contributed by atoms with Crippen molar-refractivity contribution >= 4 is 55.7 Å². The van der Waals surface area contributed by atoms with Crippen LogP contribution in [0.4, 0.5) is 9.52 Å². The summed E-state index contributed by atoms with van der Waals surface area (Å²) in [6, 6.07) is 14.5. The molecular formula is C30H26ClFN2O5S. The van der Waals surface area contributed by atoms with Crippen molar-refractivity contribution in [3.63, 3.8) is 0 Å². The lowest BCUT2D eigenvalue weighted by Gasteiger charge is -2.24. The van der Waals surface area contributed by atoms with Crippen LogP contribution in [-0.2, 0) is 9.59 Å². The molecule has 3 aromatic carbocycles. The molecule has 0 saturated carbocycles. The summed E-state index contributed by atoms with van der Waals surface area (Å²) in [5, 5.41) is 12.0. The molecular weight excluding hydrogens is 555 g/mol. The Labute approximate surface area is 239 Å². The molecule has 0 spiro atoms. The number of anilines is 1. The minimum absolute atomic E-state index is 0.117. The van der Waals surface area contributed by atoms with Crippen molar-refractivity contribution in [2.75, 3.05) is 18.6 Å². The number of carbonyl (C=O) groups excluding carboxylic acids is 2. The number of benzene rings is 3. The van der Waals surface area contributed by atoms with Crippen LogP contribution in [0, 0.1) is 11.7 Å². The number of Topliss-reactive ketones (excluding diaryl/α,β-unsaturated/α-hetero) is 1. The monoisotopic (exact) mass is 580 g/mol. The molecule has 0 bridgehead atoms. The summed E-state index contributed by atoms with van der Waals surface area (Å²) >= 11 is 7.10. The molecule has 1 aliphatic heterocycles. The van der Waals surface area contributed by atoms with Crippen molar-refractivity contribution in [2.24, 2.45) is 5.92 Å².